The largest absolute Gasteiger partial charge is 0.573 e. The Morgan fingerprint density at radius 2 is 1.92 bits per heavy atom. The minimum absolute atomic E-state index is 0.110. The van der Waals surface area contributed by atoms with E-state index in [2.05, 4.69) is 20.0 Å². The number of aliphatic carboxylic acids is 1. The molecule has 0 spiro atoms. The first-order valence-electron chi connectivity index (χ1n) is 10.8. The third-order valence-electron chi connectivity index (χ3n) is 5.52. The maximum Gasteiger partial charge on any atom is 0.573 e. The summed E-state index contributed by atoms with van der Waals surface area (Å²) < 4.78 is 57.6. The predicted molar refractivity (Wildman–Crippen MR) is 129 cm³/mol. The number of aromatic nitrogens is 2. The molecule has 4 rings (SSSR count). The number of hydrogen-bond donors (Lipinski definition) is 2. The lowest BCUT2D eigenvalue weighted by Gasteiger charge is -2.14. The van der Waals surface area contributed by atoms with Crippen LogP contribution in [0, 0.1) is 19.7 Å². The number of nitrogens with one attached hydrogen (secondary N) is 1. The number of hydrogen-bond acceptors (Lipinski definition) is 6. The molecule has 0 atom stereocenters. The number of alkyl halides is 3. The first kappa shape index (κ1) is 25.4. The number of halogens is 4. The Labute approximate surface area is 207 Å². The number of aryl methyl sites for hydroxylation is 2. The SMILES string of the molecule is Cc1sc2c(C)cc(F)cc2c1CCNc1cc(-c2ccc(CC(=O)O)c(OC(F)(F)F)c2)ncn1. The molecule has 36 heavy (non-hydrogen) atoms. The molecule has 0 radical (unpaired) electrons. The number of benzene rings is 2. The molecular formula is C25H21F4N3O3S. The van der Waals surface area contributed by atoms with Gasteiger partial charge in [0.1, 0.15) is 23.7 Å². The van der Waals surface area contributed by atoms with Gasteiger partial charge in [-0.25, -0.2) is 14.4 Å². The zero-order chi connectivity index (χ0) is 26.0. The second kappa shape index (κ2) is 10.1. The van der Waals surface area contributed by atoms with Crippen LogP contribution < -0.4 is 10.1 Å². The standard InChI is InChI=1S/C25H21F4N3O3S/c1-13-7-17(26)10-19-18(14(2)36-24(13)19)5-6-30-22-11-20(31-12-32-22)15-3-4-16(9-23(33)34)21(8-15)35-25(27,28)29/h3-4,7-8,10-12H,5-6,9H2,1-2H3,(H,33,34)(H,30,31,32). The van der Waals surface area contributed by atoms with Gasteiger partial charge < -0.3 is 15.2 Å². The van der Waals surface area contributed by atoms with Crippen LogP contribution in [0.25, 0.3) is 21.3 Å². The van der Waals surface area contributed by atoms with E-state index in [1.54, 1.807) is 23.5 Å². The molecule has 0 saturated carbocycles. The van der Waals surface area contributed by atoms with Gasteiger partial charge in [-0.05, 0) is 55.0 Å². The maximum atomic E-state index is 14.0. The van der Waals surface area contributed by atoms with Crippen molar-refractivity contribution in [3.8, 4) is 17.0 Å². The molecule has 0 aliphatic heterocycles. The first-order chi connectivity index (χ1) is 17.0. The summed E-state index contributed by atoms with van der Waals surface area (Å²) in [5.41, 5.74) is 2.46. The Morgan fingerprint density at radius 1 is 1.14 bits per heavy atom. The first-order valence-corrected chi connectivity index (χ1v) is 11.7. The van der Waals surface area contributed by atoms with Crippen molar-refractivity contribution in [3.63, 3.8) is 0 Å². The van der Waals surface area contributed by atoms with E-state index >= 15 is 0 Å². The molecule has 188 valence electrons. The third kappa shape index (κ3) is 5.91. The fraction of sp³-hybridized carbons (Fsp3) is 0.240. The maximum absolute atomic E-state index is 14.0. The zero-order valence-corrected chi connectivity index (χ0v) is 20.1. The van der Waals surface area contributed by atoms with Crippen molar-refractivity contribution >= 4 is 33.2 Å². The highest BCUT2D eigenvalue weighted by atomic mass is 32.1. The van der Waals surface area contributed by atoms with Gasteiger partial charge in [-0.15, -0.1) is 24.5 Å². The molecule has 2 heterocycles. The van der Waals surface area contributed by atoms with Crippen molar-refractivity contribution in [1.82, 2.24) is 9.97 Å². The van der Waals surface area contributed by atoms with Gasteiger partial charge >= 0.3 is 12.3 Å². The smallest absolute Gasteiger partial charge is 0.481 e. The van der Waals surface area contributed by atoms with E-state index in [-0.39, 0.29) is 11.4 Å². The van der Waals surface area contributed by atoms with Gasteiger partial charge in [0.15, 0.2) is 0 Å². The van der Waals surface area contributed by atoms with Crippen LogP contribution in [-0.2, 0) is 17.6 Å². The van der Waals surface area contributed by atoms with E-state index in [0.717, 1.165) is 32.2 Å². The number of rotatable bonds is 8. The van der Waals surface area contributed by atoms with Crippen LogP contribution in [0.15, 0.2) is 42.7 Å². The van der Waals surface area contributed by atoms with Crippen LogP contribution in [0.3, 0.4) is 0 Å². The number of carbonyl (C=O) groups is 1. The van der Waals surface area contributed by atoms with E-state index in [1.807, 2.05) is 13.8 Å². The highest BCUT2D eigenvalue weighted by Gasteiger charge is 2.32. The number of fused-ring (bicyclic) bond motifs is 1. The molecule has 0 saturated heterocycles. The minimum Gasteiger partial charge on any atom is -0.481 e. The van der Waals surface area contributed by atoms with Crippen molar-refractivity contribution in [1.29, 1.82) is 0 Å². The summed E-state index contributed by atoms with van der Waals surface area (Å²) in [5, 5.41) is 13.0. The van der Waals surface area contributed by atoms with E-state index in [4.69, 9.17) is 5.11 Å². The monoisotopic (exact) mass is 519 g/mol. The fourth-order valence-electron chi connectivity index (χ4n) is 3.97. The van der Waals surface area contributed by atoms with Crippen molar-refractivity contribution in [2.24, 2.45) is 0 Å². The molecule has 0 amide bonds. The summed E-state index contributed by atoms with van der Waals surface area (Å²) in [4.78, 5) is 20.4. The van der Waals surface area contributed by atoms with E-state index in [0.29, 0.717) is 30.0 Å². The molecule has 2 aromatic carbocycles. The van der Waals surface area contributed by atoms with Gasteiger partial charge in [-0.2, -0.15) is 0 Å². The fourth-order valence-corrected chi connectivity index (χ4v) is 5.13. The molecule has 0 bridgehead atoms. The average molecular weight is 520 g/mol. The van der Waals surface area contributed by atoms with Crippen LogP contribution in [-0.4, -0.2) is 34.0 Å². The van der Waals surface area contributed by atoms with Gasteiger partial charge in [0.2, 0.25) is 0 Å². The van der Waals surface area contributed by atoms with Crippen LogP contribution >= 0.6 is 11.3 Å². The third-order valence-corrected chi connectivity index (χ3v) is 6.82. The second-order valence-electron chi connectivity index (χ2n) is 8.14. The van der Waals surface area contributed by atoms with Gasteiger partial charge in [0.25, 0.3) is 0 Å². The molecule has 2 N–H and O–H groups in total. The normalized spacial score (nSPS) is 11.6. The summed E-state index contributed by atoms with van der Waals surface area (Å²) >= 11 is 1.62. The van der Waals surface area contributed by atoms with Crippen molar-refractivity contribution in [2.75, 3.05) is 11.9 Å². The van der Waals surface area contributed by atoms with E-state index in [1.165, 1.54) is 24.5 Å². The highest BCUT2D eigenvalue weighted by Crippen LogP contribution is 2.35. The molecule has 4 aromatic rings. The predicted octanol–water partition coefficient (Wildman–Crippen LogP) is 6.29. The zero-order valence-electron chi connectivity index (χ0n) is 19.2. The van der Waals surface area contributed by atoms with Gasteiger partial charge in [0.05, 0.1) is 12.1 Å². The van der Waals surface area contributed by atoms with E-state index in [9.17, 15) is 22.4 Å². The minimum atomic E-state index is -4.98. The Hall–Kier alpha value is -3.73. The van der Waals surface area contributed by atoms with E-state index < -0.39 is 24.5 Å². The lowest BCUT2D eigenvalue weighted by molar-refractivity contribution is -0.274. The number of carboxylic acids is 1. The Morgan fingerprint density at radius 3 is 2.64 bits per heavy atom. The topological polar surface area (TPSA) is 84.3 Å². The number of thiophene rings is 1. The molecule has 0 aliphatic rings. The lowest BCUT2D eigenvalue weighted by Crippen LogP contribution is -2.18. The molecule has 0 fully saturated rings. The number of anilines is 1. The summed E-state index contributed by atoms with van der Waals surface area (Å²) in [5.74, 6) is -1.71. The quantitative estimate of drug-likeness (QED) is 0.266. The molecule has 11 heteroatoms. The summed E-state index contributed by atoms with van der Waals surface area (Å²) in [6, 6.07) is 8.49. The van der Waals surface area contributed by atoms with Gasteiger partial charge in [-0.3, -0.25) is 4.79 Å². The van der Waals surface area contributed by atoms with Crippen molar-refractivity contribution in [3.05, 3.63) is 70.1 Å². The summed E-state index contributed by atoms with van der Waals surface area (Å²) in [6.07, 6.45) is -3.71. The Bertz CT molecular complexity index is 1440. The Kier molecular flexibility index (Phi) is 7.11. The van der Waals surface area contributed by atoms with Crippen LogP contribution in [0.2, 0.25) is 0 Å². The van der Waals surface area contributed by atoms with Crippen molar-refractivity contribution in [2.45, 2.75) is 33.1 Å². The van der Waals surface area contributed by atoms with Crippen LogP contribution in [0.1, 0.15) is 21.6 Å². The molecular weight excluding hydrogens is 498 g/mol. The molecule has 6 nitrogen and oxygen atoms in total. The average Bonchev–Trinajstić information content (AvgIpc) is 3.09. The number of carboxylic acid groups (broad SMARTS) is 1. The second-order valence-corrected chi connectivity index (χ2v) is 9.37. The van der Waals surface area contributed by atoms with Crippen LogP contribution in [0.5, 0.6) is 5.75 Å². The number of nitrogens with zero attached hydrogens (tertiary/aromatic N) is 2. The highest BCUT2D eigenvalue weighted by molar-refractivity contribution is 7.19. The Balaban J connectivity index is 1.53. The summed E-state index contributed by atoms with van der Waals surface area (Å²) in [6.45, 7) is 4.36. The lowest BCUT2D eigenvalue weighted by atomic mass is 10.0. The summed E-state index contributed by atoms with van der Waals surface area (Å²) in [7, 11) is 0. The molecule has 2 aromatic heterocycles. The molecule has 0 unspecified atom stereocenters. The molecule has 0 aliphatic carbocycles. The van der Waals surface area contributed by atoms with Gasteiger partial charge in [-0.1, -0.05) is 12.1 Å². The van der Waals surface area contributed by atoms with Gasteiger partial charge in [0, 0.05) is 33.3 Å². The van der Waals surface area contributed by atoms with Crippen molar-refractivity contribution < 1.29 is 32.2 Å². The van der Waals surface area contributed by atoms with Crippen LogP contribution in [0.4, 0.5) is 23.4 Å². The number of ether oxygens (including phenoxy) is 1.